The predicted molar refractivity (Wildman–Crippen MR) is 56.7 cm³/mol. The minimum absolute atomic E-state index is 0.0115. The molecule has 9 heteroatoms. The third kappa shape index (κ3) is 4.10. The number of benzene rings is 1. The van der Waals surface area contributed by atoms with Gasteiger partial charge in [-0.05, 0) is 23.8 Å². The molecule has 0 spiro atoms. The molecule has 0 fully saturated rings. The third-order valence-electron chi connectivity index (χ3n) is 2.60. The first-order valence-electron chi connectivity index (χ1n) is 5.32. The molecule has 1 rings (SSSR count). The molecule has 1 aromatic carbocycles. The molecular weight excluding hydrogens is 292 g/mol. The number of hydrogen-bond acceptors (Lipinski definition) is 2. The standard InChI is InChI=1S/C11H9F6NO2/c1-6(5-18(19)20)7-2-8(10(12,13)14)4-9(3-7)11(15,16)17/h2-4,6H,5H2,1H3/t6-/m1/s1. The van der Waals surface area contributed by atoms with Gasteiger partial charge in [0, 0.05) is 10.8 Å². The van der Waals surface area contributed by atoms with Crippen molar-refractivity contribution < 1.29 is 31.3 Å². The van der Waals surface area contributed by atoms with Gasteiger partial charge in [0.25, 0.3) is 0 Å². The van der Waals surface area contributed by atoms with Crippen molar-refractivity contribution in [3.63, 3.8) is 0 Å². The Kier molecular flexibility index (Phi) is 4.30. The van der Waals surface area contributed by atoms with Gasteiger partial charge in [0.2, 0.25) is 6.54 Å². The van der Waals surface area contributed by atoms with Gasteiger partial charge in [0.05, 0.1) is 11.1 Å². The van der Waals surface area contributed by atoms with E-state index in [-0.39, 0.29) is 11.6 Å². The topological polar surface area (TPSA) is 43.1 Å². The lowest BCUT2D eigenvalue weighted by Crippen LogP contribution is -2.15. The lowest BCUT2D eigenvalue weighted by atomic mass is 9.96. The van der Waals surface area contributed by atoms with Gasteiger partial charge in [-0.25, -0.2) is 0 Å². The molecule has 1 aromatic rings. The van der Waals surface area contributed by atoms with Crippen LogP contribution in [0.5, 0.6) is 0 Å². The highest BCUT2D eigenvalue weighted by atomic mass is 19.4. The summed E-state index contributed by atoms with van der Waals surface area (Å²) in [4.78, 5) is 9.51. The fraction of sp³-hybridized carbons (Fsp3) is 0.455. The van der Waals surface area contributed by atoms with Crippen molar-refractivity contribution in [2.24, 2.45) is 0 Å². The highest BCUT2D eigenvalue weighted by Crippen LogP contribution is 2.37. The summed E-state index contributed by atoms with van der Waals surface area (Å²) in [5, 5.41) is 10.3. The summed E-state index contributed by atoms with van der Waals surface area (Å²) in [7, 11) is 0. The fourth-order valence-corrected chi connectivity index (χ4v) is 1.59. The summed E-state index contributed by atoms with van der Waals surface area (Å²) in [6, 6.07) is 0.995. The van der Waals surface area contributed by atoms with Crippen molar-refractivity contribution in [2.75, 3.05) is 6.54 Å². The van der Waals surface area contributed by atoms with Crippen LogP contribution < -0.4 is 0 Å². The Morgan fingerprint density at radius 2 is 1.45 bits per heavy atom. The summed E-state index contributed by atoms with van der Waals surface area (Å²) < 4.78 is 75.4. The maximum absolute atomic E-state index is 12.6. The molecular formula is C11H9F6NO2. The van der Waals surface area contributed by atoms with Crippen molar-refractivity contribution in [2.45, 2.75) is 25.2 Å². The van der Waals surface area contributed by atoms with Crippen LogP contribution in [-0.4, -0.2) is 11.5 Å². The zero-order valence-electron chi connectivity index (χ0n) is 10.0. The van der Waals surface area contributed by atoms with Gasteiger partial charge in [-0.15, -0.1) is 0 Å². The van der Waals surface area contributed by atoms with Gasteiger partial charge in [-0.1, -0.05) is 6.92 Å². The number of hydrogen-bond donors (Lipinski definition) is 0. The second kappa shape index (κ2) is 5.29. The molecule has 0 aliphatic rings. The molecule has 0 bridgehead atoms. The van der Waals surface area contributed by atoms with Crippen LogP contribution >= 0.6 is 0 Å². The van der Waals surface area contributed by atoms with Gasteiger partial charge in [-0.2, -0.15) is 26.3 Å². The Morgan fingerprint density at radius 3 is 1.75 bits per heavy atom. The zero-order chi connectivity index (χ0) is 15.7. The van der Waals surface area contributed by atoms with E-state index in [0.717, 1.165) is 0 Å². The molecule has 0 heterocycles. The van der Waals surface area contributed by atoms with Crippen molar-refractivity contribution >= 4 is 0 Å². The lowest BCUT2D eigenvalue weighted by Gasteiger charge is -2.16. The summed E-state index contributed by atoms with van der Waals surface area (Å²) in [5.74, 6) is -1.06. The quantitative estimate of drug-likeness (QED) is 0.479. The molecule has 0 amide bonds. The average Bonchev–Trinajstić information content (AvgIpc) is 2.25. The van der Waals surface area contributed by atoms with Crippen LogP contribution in [0.2, 0.25) is 0 Å². The van der Waals surface area contributed by atoms with Crippen LogP contribution in [0.3, 0.4) is 0 Å². The fourth-order valence-electron chi connectivity index (χ4n) is 1.59. The first-order chi connectivity index (χ1) is 8.91. The van der Waals surface area contributed by atoms with Crippen LogP contribution in [0, 0.1) is 10.1 Å². The lowest BCUT2D eigenvalue weighted by molar-refractivity contribution is -0.482. The molecule has 0 saturated carbocycles. The normalized spacial score (nSPS) is 14.2. The molecule has 3 nitrogen and oxygen atoms in total. The van der Waals surface area contributed by atoms with E-state index in [0.29, 0.717) is 12.1 Å². The Morgan fingerprint density at radius 1 is 1.05 bits per heavy atom. The first kappa shape index (κ1) is 16.3. The van der Waals surface area contributed by atoms with E-state index >= 15 is 0 Å². The summed E-state index contributed by atoms with van der Waals surface area (Å²) in [5.41, 5.74) is -3.32. The Bertz CT molecular complexity index is 476. The highest BCUT2D eigenvalue weighted by Gasteiger charge is 2.37. The molecule has 0 aliphatic heterocycles. The van der Waals surface area contributed by atoms with E-state index in [1.807, 2.05) is 0 Å². The molecule has 0 saturated heterocycles. The van der Waals surface area contributed by atoms with Crippen LogP contribution in [0.4, 0.5) is 26.3 Å². The van der Waals surface area contributed by atoms with E-state index in [1.54, 1.807) is 0 Å². The number of nitro groups is 1. The number of alkyl halides is 6. The molecule has 0 N–H and O–H groups in total. The minimum Gasteiger partial charge on any atom is -0.265 e. The van der Waals surface area contributed by atoms with Crippen LogP contribution in [0.1, 0.15) is 29.5 Å². The van der Waals surface area contributed by atoms with Gasteiger partial charge in [0.15, 0.2) is 0 Å². The smallest absolute Gasteiger partial charge is 0.265 e. The van der Waals surface area contributed by atoms with Crippen LogP contribution in [-0.2, 0) is 12.4 Å². The van der Waals surface area contributed by atoms with Gasteiger partial charge in [-0.3, -0.25) is 10.1 Å². The monoisotopic (exact) mass is 301 g/mol. The highest BCUT2D eigenvalue weighted by molar-refractivity contribution is 5.35. The Hall–Kier alpha value is -1.80. The Balaban J connectivity index is 3.34. The Labute approximate surface area is 109 Å². The van der Waals surface area contributed by atoms with Crippen molar-refractivity contribution in [1.29, 1.82) is 0 Å². The first-order valence-corrected chi connectivity index (χ1v) is 5.32. The minimum atomic E-state index is -4.95. The van der Waals surface area contributed by atoms with E-state index in [2.05, 4.69) is 0 Å². The molecule has 0 unspecified atom stereocenters. The summed E-state index contributed by atoms with van der Waals surface area (Å²) in [6.07, 6.45) is -9.91. The third-order valence-corrected chi connectivity index (χ3v) is 2.60. The average molecular weight is 301 g/mol. The zero-order valence-corrected chi connectivity index (χ0v) is 10.0. The molecule has 112 valence electrons. The number of halogens is 6. The van der Waals surface area contributed by atoms with Crippen LogP contribution in [0.25, 0.3) is 0 Å². The van der Waals surface area contributed by atoms with Crippen molar-refractivity contribution in [3.8, 4) is 0 Å². The van der Waals surface area contributed by atoms with Gasteiger partial charge >= 0.3 is 12.4 Å². The number of nitrogens with zero attached hydrogens (tertiary/aromatic N) is 1. The molecule has 0 aromatic heterocycles. The maximum Gasteiger partial charge on any atom is 0.416 e. The molecule has 0 aliphatic carbocycles. The second-order valence-electron chi connectivity index (χ2n) is 4.26. The molecule has 1 atom stereocenters. The van der Waals surface area contributed by atoms with E-state index < -0.39 is 40.9 Å². The van der Waals surface area contributed by atoms with Gasteiger partial charge < -0.3 is 0 Å². The summed E-state index contributed by atoms with van der Waals surface area (Å²) >= 11 is 0. The largest absolute Gasteiger partial charge is 0.416 e. The maximum atomic E-state index is 12.6. The van der Waals surface area contributed by atoms with Crippen molar-refractivity contribution in [3.05, 3.63) is 45.0 Å². The van der Waals surface area contributed by atoms with E-state index in [1.165, 1.54) is 6.92 Å². The van der Waals surface area contributed by atoms with Gasteiger partial charge in [0.1, 0.15) is 0 Å². The second-order valence-corrected chi connectivity index (χ2v) is 4.26. The molecule has 20 heavy (non-hydrogen) atoms. The predicted octanol–water partition coefficient (Wildman–Crippen LogP) is 4.10. The van der Waals surface area contributed by atoms with Crippen molar-refractivity contribution in [1.82, 2.24) is 0 Å². The van der Waals surface area contributed by atoms with E-state index in [9.17, 15) is 36.5 Å². The number of rotatable bonds is 3. The van der Waals surface area contributed by atoms with E-state index in [4.69, 9.17) is 0 Å². The summed E-state index contributed by atoms with van der Waals surface area (Å²) in [6.45, 7) is 0.442. The SMILES string of the molecule is C[C@H](C[N+](=O)[O-])c1cc(C(F)(F)F)cc(C(F)(F)F)c1. The molecule has 0 radical (unpaired) electrons. The van der Waals surface area contributed by atoms with Crippen LogP contribution in [0.15, 0.2) is 18.2 Å².